The summed E-state index contributed by atoms with van der Waals surface area (Å²) in [4.78, 5) is 16.0. The molecule has 7 heteroatoms. The van der Waals surface area contributed by atoms with Crippen LogP contribution in [0.3, 0.4) is 0 Å². The van der Waals surface area contributed by atoms with Crippen LogP contribution in [0.15, 0.2) is 36.4 Å². The molecular weight excluding hydrogens is 396 g/mol. The number of aromatic carboxylic acids is 1. The first-order chi connectivity index (χ1) is 10.9. The first-order valence-corrected chi connectivity index (χ1v) is 7.79. The van der Waals surface area contributed by atoms with Gasteiger partial charge in [-0.15, -0.1) is 0 Å². The van der Waals surface area contributed by atoms with Crippen LogP contribution in [0.1, 0.15) is 15.9 Å². The Morgan fingerprint density at radius 1 is 1.08 bits per heavy atom. The van der Waals surface area contributed by atoms with E-state index < -0.39 is 5.97 Å². The molecule has 0 unspecified atom stereocenters. The van der Waals surface area contributed by atoms with Crippen molar-refractivity contribution in [1.29, 1.82) is 0 Å². The number of aromatic nitrogens is 1. The molecule has 0 aliphatic heterocycles. The van der Waals surface area contributed by atoms with Gasteiger partial charge in [-0.25, -0.2) is 4.98 Å². The van der Waals surface area contributed by atoms with Crippen molar-refractivity contribution in [2.45, 2.75) is 6.92 Å². The summed E-state index contributed by atoms with van der Waals surface area (Å²) in [5, 5.41) is 12.8. The van der Waals surface area contributed by atoms with Crippen molar-refractivity contribution in [3.05, 3.63) is 62.6 Å². The van der Waals surface area contributed by atoms with Gasteiger partial charge in [0.1, 0.15) is 0 Å². The first-order valence-electron chi connectivity index (χ1n) is 6.65. The molecule has 1 aromatic heterocycles. The summed E-state index contributed by atoms with van der Waals surface area (Å²) in [6.45, 7) is 1.86. The quantitative estimate of drug-likeness (QED) is 0.481. The summed E-state index contributed by atoms with van der Waals surface area (Å²) in [6.07, 6.45) is 0. The molecule has 2 aromatic carbocycles. The zero-order valence-electron chi connectivity index (χ0n) is 12.9. The van der Waals surface area contributed by atoms with E-state index in [-0.39, 0.29) is 67.0 Å². The molecule has 116 valence electrons. The molecule has 0 spiro atoms. The number of para-hydroxylation sites is 1. The number of pyridine rings is 1. The maximum Gasteiger partial charge on any atom is 1.00 e. The van der Waals surface area contributed by atoms with Crippen molar-refractivity contribution in [3.63, 3.8) is 0 Å². The van der Waals surface area contributed by atoms with Crippen LogP contribution in [0.2, 0.25) is 15.1 Å². The maximum atomic E-state index is 11.5. The Balaban J connectivity index is 0.00000208. The van der Waals surface area contributed by atoms with Gasteiger partial charge in [-0.2, -0.15) is 0 Å². The van der Waals surface area contributed by atoms with Gasteiger partial charge >= 0.3 is 51.4 Å². The molecule has 24 heavy (non-hydrogen) atoms. The largest absolute Gasteiger partial charge is 1.00 e. The van der Waals surface area contributed by atoms with Crippen molar-refractivity contribution >= 4 is 51.7 Å². The second-order valence-electron chi connectivity index (χ2n) is 5.04. The number of rotatable bonds is 2. The minimum absolute atomic E-state index is 0. The van der Waals surface area contributed by atoms with Crippen molar-refractivity contribution in [3.8, 4) is 11.3 Å². The van der Waals surface area contributed by atoms with Gasteiger partial charge in [0, 0.05) is 16.5 Å². The molecule has 3 rings (SSSR count). The number of halogens is 3. The molecule has 0 N–H and O–H groups in total. The standard InChI is InChI=1S/C17H10Cl3NO2.K/c1-8-3-2-4-9-11(17(22)23)7-13(21-16(8)9)10-5-6-12(18)15(20)14(10)19;/h2-7H,1H3,(H,22,23);/q;+1/p-1. The fourth-order valence-electron chi connectivity index (χ4n) is 2.42. The van der Waals surface area contributed by atoms with E-state index >= 15 is 0 Å². The van der Waals surface area contributed by atoms with Crippen LogP contribution in [-0.4, -0.2) is 11.0 Å². The summed E-state index contributed by atoms with van der Waals surface area (Å²) in [5.74, 6) is -1.28. The smallest absolute Gasteiger partial charge is 0.545 e. The predicted octanol–water partition coefficient (Wildman–Crippen LogP) is 1.54. The number of carboxylic acid groups (broad SMARTS) is 1. The third-order valence-electron chi connectivity index (χ3n) is 3.57. The summed E-state index contributed by atoms with van der Waals surface area (Å²) in [5.41, 5.74) is 2.38. The molecule has 0 saturated carbocycles. The monoisotopic (exact) mass is 403 g/mol. The van der Waals surface area contributed by atoms with Crippen LogP contribution in [0, 0.1) is 6.92 Å². The van der Waals surface area contributed by atoms with Gasteiger partial charge in [-0.3, -0.25) is 0 Å². The van der Waals surface area contributed by atoms with E-state index in [0.717, 1.165) is 5.56 Å². The number of carbonyl (C=O) groups excluding carboxylic acids is 1. The van der Waals surface area contributed by atoms with Crippen molar-refractivity contribution < 1.29 is 61.3 Å². The Morgan fingerprint density at radius 3 is 2.46 bits per heavy atom. The third-order valence-corrected chi connectivity index (χ3v) is 4.87. The Morgan fingerprint density at radius 2 is 1.79 bits per heavy atom. The van der Waals surface area contributed by atoms with E-state index in [1.807, 2.05) is 13.0 Å². The van der Waals surface area contributed by atoms with Crippen molar-refractivity contribution in [2.24, 2.45) is 0 Å². The van der Waals surface area contributed by atoms with Gasteiger partial charge in [0.2, 0.25) is 0 Å². The van der Waals surface area contributed by atoms with Crippen LogP contribution in [-0.2, 0) is 0 Å². The van der Waals surface area contributed by atoms with Gasteiger partial charge in [0.15, 0.2) is 0 Å². The van der Waals surface area contributed by atoms with Crippen molar-refractivity contribution in [2.75, 3.05) is 0 Å². The fraction of sp³-hybridized carbons (Fsp3) is 0.0588. The number of carbonyl (C=O) groups is 1. The van der Waals surface area contributed by atoms with Gasteiger partial charge < -0.3 is 9.90 Å². The first kappa shape index (κ1) is 20.1. The van der Waals surface area contributed by atoms with E-state index in [4.69, 9.17) is 34.8 Å². The fourth-order valence-corrected chi connectivity index (χ4v) is 3.05. The SMILES string of the molecule is Cc1cccc2c(C(=O)[O-])cc(-c3ccc(Cl)c(Cl)c3Cl)nc12.[K+]. The third kappa shape index (κ3) is 3.66. The average molecular weight is 405 g/mol. The molecule has 3 aromatic rings. The Hall–Kier alpha value is -0.174. The summed E-state index contributed by atoms with van der Waals surface area (Å²) in [7, 11) is 0. The van der Waals surface area contributed by atoms with Gasteiger partial charge in [-0.05, 0) is 30.7 Å². The van der Waals surface area contributed by atoms with Gasteiger partial charge in [-0.1, -0.05) is 53.0 Å². The second kappa shape index (κ2) is 8.02. The van der Waals surface area contributed by atoms with Crippen LogP contribution < -0.4 is 56.5 Å². The number of nitrogens with zero attached hydrogens (tertiary/aromatic N) is 1. The van der Waals surface area contributed by atoms with Crippen LogP contribution >= 0.6 is 34.8 Å². The summed E-state index contributed by atoms with van der Waals surface area (Å²) in [6, 6.07) is 10.0. The van der Waals surface area contributed by atoms with Crippen molar-refractivity contribution in [1.82, 2.24) is 4.98 Å². The molecule has 1 heterocycles. The van der Waals surface area contributed by atoms with E-state index in [1.165, 1.54) is 6.07 Å². The maximum absolute atomic E-state index is 11.5. The number of benzene rings is 2. The van der Waals surface area contributed by atoms with E-state index in [2.05, 4.69) is 4.98 Å². The van der Waals surface area contributed by atoms with E-state index in [0.29, 0.717) is 27.2 Å². The molecule has 0 amide bonds. The molecular formula is C17H9Cl3KNO2. The number of aryl methyl sites for hydroxylation is 1. The molecule has 0 fully saturated rings. The Kier molecular flexibility index (Phi) is 6.73. The number of hydrogen-bond donors (Lipinski definition) is 0. The normalized spacial score (nSPS) is 10.5. The molecule has 0 bridgehead atoms. The summed E-state index contributed by atoms with van der Waals surface area (Å²) >= 11 is 18.2. The predicted molar refractivity (Wildman–Crippen MR) is 91.3 cm³/mol. The average Bonchev–Trinajstić information content (AvgIpc) is 2.52. The second-order valence-corrected chi connectivity index (χ2v) is 6.20. The number of hydrogen-bond acceptors (Lipinski definition) is 3. The minimum Gasteiger partial charge on any atom is -0.545 e. The Bertz CT molecular complexity index is 960. The molecule has 0 radical (unpaired) electrons. The summed E-state index contributed by atoms with van der Waals surface area (Å²) < 4.78 is 0. The van der Waals surface area contributed by atoms with Crippen LogP contribution in [0.25, 0.3) is 22.2 Å². The molecule has 3 nitrogen and oxygen atoms in total. The minimum atomic E-state index is -1.28. The van der Waals surface area contributed by atoms with Gasteiger partial charge in [0.25, 0.3) is 0 Å². The molecule has 0 aliphatic carbocycles. The Labute approximate surface area is 196 Å². The van der Waals surface area contributed by atoms with Gasteiger partial charge in [0.05, 0.1) is 32.2 Å². The molecule has 0 aliphatic rings. The van der Waals surface area contributed by atoms with E-state index in [9.17, 15) is 9.90 Å². The number of carboxylic acids is 1. The topological polar surface area (TPSA) is 53.0 Å². The van der Waals surface area contributed by atoms with E-state index in [1.54, 1.807) is 24.3 Å². The molecule has 0 atom stereocenters. The van der Waals surface area contributed by atoms with Crippen LogP contribution in [0.5, 0.6) is 0 Å². The zero-order chi connectivity index (χ0) is 16.7. The van der Waals surface area contributed by atoms with Crippen LogP contribution in [0.4, 0.5) is 0 Å². The zero-order valence-corrected chi connectivity index (χ0v) is 18.3. The number of fused-ring (bicyclic) bond motifs is 1. The molecule has 0 saturated heterocycles.